The number of rotatable bonds is 1. The summed E-state index contributed by atoms with van der Waals surface area (Å²) >= 11 is 0. The minimum absolute atomic E-state index is 0.161. The van der Waals surface area contributed by atoms with Crippen molar-refractivity contribution in [1.82, 2.24) is 9.88 Å². The molecule has 6 nitrogen and oxygen atoms in total. The largest absolute Gasteiger partial charge is 0.430 e. The molecule has 2 aliphatic rings. The second-order valence-corrected chi connectivity index (χ2v) is 6.29. The van der Waals surface area contributed by atoms with Crippen molar-refractivity contribution in [3.63, 3.8) is 0 Å². The molecule has 122 valence electrons. The minimum Gasteiger partial charge on any atom is -0.430 e. The van der Waals surface area contributed by atoms with Gasteiger partial charge in [-0.05, 0) is 43.7 Å². The number of aryl methyl sites for hydroxylation is 2. The number of nitrogens with two attached hydrogens (primary N) is 1. The highest BCUT2D eigenvalue weighted by molar-refractivity contribution is 6.06. The SMILES string of the molecule is Cc1nc2oc(C(=O)N3CCOCC3)c(N)c2c2c1CCCC2. The van der Waals surface area contributed by atoms with Gasteiger partial charge in [0.15, 0.2) is 0 Å². The maximum absolute atomic E-state index is 12.7. The Balaban J connectivity index is 1.83. The number of carbonyl (C=O) groups excluding carboxylic acids is 1. The normalized spacial score (nSPS) is 18.2. The van der Waals surface area contributed by atoms with Gasteiger partial charge in [-0.2, -0.15) is 0 Å². The first-order chi connectivity index (χ1) is 11.2. The predicted octanol–water partition coefficient (Wildman–Crippen LogP) is 2.07. The van der Waals surface area contributed by atoms with Gasteiger partial charge in [0.25, 0.3) is 5.91 Å². The van der Waals surface area contributed by atoms with Crippen LogP contribution in [0.15, 0.2) is 4.42 Å². The molecule has 1 aliphatic heterocycles. The highest BCUT2D eigenvalue weighted by Crippen LogP contribution is 2.37. The summed E-state index contributed by atoms with van der Waals surface area (Å²) in [7, 11) is 0. The smallest absolute Gasteiger partial charge is 0.292 e. The van der Waals surface area contributed by atoms with E-state index in [2.05, 4.69) is 4.98 Å². The van der Waals surface area contributed by atoms with Gasteiger partial charge in [0, 0.05) is 18.8 Å². The second-order valence-electron chi connectivity index (χ2n) is 6.29. The van der Waals surface area contributed by atoms with E-state index in [1.807, 2.05) is 6.92 Å². The van der Waals surface area contributed by atoms with Crippen LogP contribution in [0.1, 0.15) is 40.2 Å². The number of pyridine rings is 1. The molecule has 4 rings (SSSR count). The molecule has 1 fully saturated rings. The number of carbonyl (C=O) groups is 1. The van der Waals surface area contributed by atoms with Crippen molar-refractivity contribution in [2.45, 2.75) is 32.6 Å². The van der Waals surface area contributed by atoms with Crippen molar-refractivity contribution in [2.75, 3.05) is 32.0 Å². The van der Waals surface area contributed by atoms with E-state index in [9.17, 15) is 4.79 Å². The summed E-state index contributed by atoms with van der Waals surface area (Å²) in [6.45, 7) is 4.25. The number of nitrogens with zero attached hydrogens (tertiary/aromatic N) is 2. The van der Waals surface area contributed by atoms with Crippen molar-refractivity contribution in [3.8, 4) is 0 Å². The Morgan fingerprint density at radius 3 is 2.61 bits per heavy atom. The molecule has 0 unspecified atom stereocenters. The third-order valence-corrected chi connectivity index (χ3v) is 4.89. The molecule has 3 heterocycles. The van der Waals surface area contributed by atoms with Gasteiger partial charge in [-0.1, -0.05) is 0 Å². The van der Waals surface area contributed by atoms with Gasteiger partial charge in [-0.3, -0.25) is 4.79 Å². The molecule has 0 atom stereocenters. The molecule has 1 saturated heterocycles. The van der Waals surface area contributed by atoms with E-state index in [0.29, 0.717) is 37.7 Å². The molecular weight excluding hydrogens is 294 g/mol. The van der Waals surface area contributed by atoms with Crippen LogP contribution in [0, 0.1) is 6.92 Å². The average molecular weight is 315 g/mol. The lowest BCUT2D eigenvalue weighted by Gasteiger charge is -2.25. The molecule has 1 aliphatic carbocycles. The van der Waals surface area contributed by atoms with E-state index in [1.165, 1.54) is 17.5 Å². The van der Waals surface area contributed by atoms with Crippen LogP contribution >= 0.6 is 0 Å². The summed E-state index contributed by atoms with van der Waals surface area (Å²) in [5, 5.41) is 0.849. The van der Waals surface area contributed by atoms with E-state index >= 15 is 0 Å². The summed E-state index contributed by atoms with van der Waals surface area (Å²) in [5.41, 5.74) is 10.7. The standard InChI is InChI=1S/C17H21N3O3/c1-10-11-4-2-3-5-12(11)13-14(18)15(23-16(13)19-10)17(21)20-6-8-22-9-7-20/h2-9,18H2,1H3. The van der Waals surface area contributed by atoms with E-state index in [4.69, 9.17) is 14.9 Å². The minimum atomic E-state index is -0.161. The number of anilines is 1. The summed E-state index contributed by atoms with van der Waals surface area (Å²) in [5.74, 6) is 0.0683. The molecule has 0 aromatic carbocycles. The van der Waals surface area contributed by atoms with Gasteiger partial charge >= 0.3 is 0 Å². The van der Waals surface area contributed by atoms with E-state index in [-0.39, 0.29) is 11.7 Å². The topological polar surface area (TPSA) is 81.6 Å². The lowest BCUT2D eigenvalue weighted by atomic mass is 9.89. The highest BCUT2D eigenvalue weighted by atomic mass is 16.5. The lowest BCUT2D eigenvalue weighted by molar-refractivity contribution is 0.0285. The molecule has 6 heteroatoms. The Labute approximate surface area is 134 Å². The number of aromatic nitrogens is 1. The van der Waals surface area contributed by atoms with Crippen LogP contribution in [-0.4, -0.2) is 42.1 Å². The summed E-state index contributed by atoms with van der Waals surface area (Å²) in [6.07, 6.45) is 4.33. The fourth-order valence-electron chi connectivity index (χ4n) is 3.67. The Morgan fingerprint density at radius 1 is 1.17 bits per heavy atom. The Bertz CT molecular complexity index is 775. The van der Waals surface area contributed by atoms with Crippen LogP contribution in [0.5, 0.6) is 0 Å². The van der Waals surface area contributed by atoms with Gasteiger partial charge in [0.05, 0.1) is 24.3 Å². The second kappa shape index (κ2) is 5.53. The Kier molecular flexibility index (Phi) is 3.49. The lowest BCUT2D eigenvalue weighted by Crippen LogP contribution is -2.40. The first-order valence-corrected chi connectivity index (χ1v) is 8.24. The van der Waals surface area contributed by atoms with Crippen LogP contribution in [0.3, 0.4) is 0 Å². The molecule has 1 amide bonds. The maximum Gasteiger partial charge on any atom is 0.292 e. The summed E-state index contributed by atoms with van der Waals surface area (Å²) in [4.78, 5) is 19.0. The number of morpholine rings is 1. The molecule has 0 saturated carbocycles. The summed E-state index contributed by atoms with van der Waals surface area (Å²) in [6, 6.07) is 0. The molecule has 2 aromatic rings. The van der Waals surface area contributed by atoms with Gasteiger partial charge < -0.3 is 19.8 Å². The van der Waals surface area contributed by atoms with Crippen LogP contribution in [-0.2, 0) is 17.6 Å². The number of nitrogen functional groups attached to an aromatic ring is 1. The molecule has 23 heavy (non-hydrogen) atoms. The zero-order valence-corrected chi connectivity index (χ0v) is 13.4. The fourth-order valence-corrected chi connectivity index (χ4v) is 3.67. The maximum atomic E-state index is 12.7. The Morgan fingerprint density at radius 2 is 1.87 bits per heavy atom. The third-order valence-electron chi connectivity index (χ3n) is 4.89. The monoisotopic (exact) mass is 315 g/mol. The van der Waals surface area contributed by atoms with Crippen LogP contribution in [0.25, 0.3) is 11.1 Å². The van der Waals surface area contributed by atoms with Gasteiger partial charge in [-0.25, -0.2) is 4.98 Å². The van der Waals surface area contributed by atoms with Gasteiger partial charge in [0.1, 0.15) is 0 Å². The van der Waals surface area contributed by atoms with Crippen molar-refractivity contribution in [2.24, 2.45) is 0 Å². The zero-order chi connectivity index (χ0) is 16.0. The number of amides is 1. The van der Waals surface area contributed by atoms with E-state index < -0.39 is 0 Å². The van der Waals surface area contributed by atoms with Crippen LogP contribution < -0.4 is 5.73 Å². The molecule has 0 spiro atoms. The van der Waals surface area contributed by atoms with Gasteiger partial charge in [-0.15, -0.1) is 0 Å². The third kappa shape index (κ3) is 2.28. The number of furan rings is 1. The zero-order valence-electron chi connectivity index (χ0n) is 13.4. The molecule has 0 radical (unpaired) electrons. The first kappa shape index (κ1) is 14.5. The molecular formula is C17H21N3O3. The van der Waals surface area contributed by atoms with Crippen LogP contribution in [0.4, 0.5) is 5.69 Å². The van der Waals surface area contributed by atoms with Crippen molar-refractivity contribution in [3.05, 3.63) is 22.6 Å². The van der Waals surface area contributed by atoms with Crippen molar-refractivity contribution >= 4 is 22.7 Å². The molecule has 2 aromatic heterocycles. The van der Waals surface area contributed by atoms with Crippen molar-refractivity contribution in [1.29, 1.82) is 0 Å². The van der Waals surface area contributed by atoms with Crippen molar-refractivity contribution < 1.29 is 13.9 Å². The number of hydrogen-bond acceptors (Lipinski definition) is 5. The average Bonchev–Trinajstić information content (AvgIpc) is 2.92. The fraction of sp³-hybridized carbons (Fsp3) is 0.529. The number of hydrogen-bond donors (Lipinski definition) is 1. The molecule has 0 bridgehead atoms. The quantitative estimate of drug-likeness (QED) is 0.871. The molecule has 2 N–H and O–H groups in total. The van der Waals surface area contributed by atoms with Crippen LogP contribution in [0.2, 0.25) is 0 Å². The number of ether oxygens (including phenoxy) is 1. The first-order valence-electron chi connectivity index (χ1n) is 8.24. The summed E-state index contributed by atoms with van der Waals surface area (Å²) < 4.78 is 11.1. The highest BCUT2D eigenvalue weighted by Gasteiger charge is 2.28. The van der Waals surface area contributed by atoms with E-state index in [1.54, 1.807) is 4.90 Å². The number of fused-ring (bicyclic) bond motifs is 3. The van der Waals surface area contributed by atoms with E-state index in [0.717, 1.165) is 30.3 Å². The Hall–Kier alpha value is -2.08. The van der Waals surface area contributed by atoms with Gasteiger partial charge in [0.2, 0.25) is 11.5 Å². The predicted molar refractivity (Wildman–Crippen MR) is 86.5 cm³/mol.